The SMILES string of the molecule is CCC1(CC)C(=CC=CC2=[N+](C)c3ccc4ccccc4c3C2(C)Cc2ccccc2)N(C)c2ccc(C)cc21. The van der Waals surface area contributed by atoms with Gasteiger partial charge in [0, 0.05) is 41.6 Å². The number of anilines is 1. The van der Waals surface area contributed by atoms with Crippen LogP contribution in [0.15, 0.2) is 109 Å². The zero-order valence-electron chi connectivity index (χ0n) is 24.8. The molecule has 1 atom stereocenters. The molecule has 2 aliphatic rings. The molecular formula is C38H41N2+. The Balaban J connectivity index is 1.47. The van der Waals surface area contributed by atoms with Gasteiger partial charge in [-0.3, -0.25) is 0 Å². The average molecular weight is 526 g/mol. The maximum atomic E-state index is 2.43. The van der Waals surface area contributed by atoms with Gasteiger partial charge in [-0.05, 0) is 73.2 Å². The lowest BCUT2D eigenvalue weighted by molar-refractivity contribution is -0.401. The average Bonchev–Trinajstić information content (AvgIpc) is 3.33. The minimum atomic E-state index is -0.157. The van der Waals surface area contributed by atoms with Crippen molar-refractivity contribution in [1.29, 1.82) is 0 Å². The second kappa shape index (κ2) is 9.93. The third-order valence-corrected chi connectivity index (χ3v) is 9.74. The Hall–Kier alpha value is -3.91. The normalized spacial score (nSPS) is 20.6. The largest absolute Gasteiger partial charge is 0.347 e. The quantitative estimate of drug-likeness (QED) is 0.228. The molecular weight excluding hydrogens is 484 g/mol. The molecule has 40 heavy (non-hydrogen) atoms. The second-order valence-corrected chi connectivity index (χ2v) is 11.9. The minimum Gasteiger partial charge on any atom is -0.347 e. The van der Waals surface area contributed by atoms with Crippen molar-refractivity contribution >= 4 is 27.9 Å². The van der Waals surface area contributed by atoms with E-state index in [9.17, 15) is 0 Å². The summed E-state index contributed by atoms with van der Waals surface area (Å²) in [5.74, 6) is 0. The Labute approximate surface area is 240 Å². The molecule has 6 rings (SSSR count). The monoisotopic (exact) mass is 525 g/mol. The van der Waals surface area contributed by atoms with Gasteiger partial charge in [-0.1, -0.05) is 92.2 Å². The molecule has 0 saturated heterocycles. The molecule has 1 unspecified atom stereocenters. The summed E-state index contributed by atoms with van der Waals surface area (Å²) < 4.78 is 2.42. The van der Waals surface area contributed by atoms with Gasteiger partial charge < -0.3 is 4.90 Å². The number of aryl methyl sites for hydroxylation is 1. The standard InChI is InChI=1S/C38H41N2/c1-7-38(8-2)31-25-27(3)21-23-32(31)39(5)35(38)20-14-19-34-37(4,26-28-15-10-9-11-16-28)36-30-18-13-12-17-29(30)22-24-33(36)40(34)6/h9-25H,7-8,26H2,1-6H3/q+1. The third-order valence-electron chi connectivity index (χ3n) is 9.74. The number of hydrogen-bond acceptors (Lipinski definition) is 1. The van der Waals surface area contributed by atoms with E-state index in [1.54, 1.807) is 0 Å². The van der Waals surface area contributed by atoms with Crippen molar-refractivity contribution in [3.63, 3.8) is 0 Å². The van der Waals surface area contributed by atoms with Crippen LogP contribution in [0.3, 0.4) is 0 Å². The van der Waals surface area contributed by atoms with E-state index in [4.69, 9.17) is 0 Å². The number of benzene rings is 4. The van der Waals surface area contributed by atoms with Crippen LogP contribution in [-0.2, 0) is 17.3 Å². The zero-order valence-corrected chi connectivity index (χ0v) is 24.8. The van der Waals surface area contributed by atoms with Crippen LogP contribution in [0.5, 0.6) is 0 Å². The number of likely N-dealkylation sites (N-methyl/N-ethyl adjacent to an activating group) is 1. The third kappa shape index (κ3) is 3.88. The molecule has 2 heterocycles. The van der Waals surface area contributed by atoms with Gasteiger partial charge in [0.25, 0.3) is 0 Å². The number of nitrogens with zero attached hydrogens (tertiary/aromatic N) is 2. The number of fused-ring (bicyclic) bond motifs is 4. The highest BCUT2D eigenvalue weighted by Gasteiger charge is 2.48. The number of rotatable bonds is 6. The van der Waals surface area contributed by atoms with Gasteiger partial charge in [0.05, 0.1) is 5.41 Å². The zero-order chi connectivity index (χ0) is 28.1. The van der Waals surface area contributed by atoms with Crippen molar-refractivity contribution in [2.45, 2.75) is 57.8 Å². The van der Waals surface area contributed by atoms with Crippen molar-refractivity contribution in [3.8, 4) is 0 Å². The molecule has 0 bridgehead atoms. The van der Waals surface area contributed by atoms with E-state index in [1.165, 1.54) is 55.8 Å². The highest BCUT2D eigenvalue weighted by Crippen LogP contribution is 2.52. The Kier molecular flexibility index (Phi) is 6.53. The highest BCUT2D eigenvalue weighted by atomic mass is 15.2. The Morgan fingerprint density at radius 1 is 0.875 bits per heavy atom. The molecule has 0 aliphatic carbocycles. The highest BCUT2D eigenvalue weighted by molar-refractivity contribution is 6.08. The van der Waals surface area contributed by atoms with Crippen LogP contribution in [0.4, 0.5) is 11.4 Å². The summed E-state index contributed by atoms with van der Waals surface area (Å²) in [5.41, 5.74) is 10.9. The van der Waals surface area contributed by atoms with E-state index in [2.05, 4.69) is 154 Å². The van der Waals surface area contributed by atoms with Crippen molar-refractivity contribution in [2.24, 2.45) is 0 Å². The molecule has 0 aromatic heterocycles. The van der Waals surface area contributed by atoms with Gasteiger partial charge in [-0.25, -0.2) is 0 Å². The van der Waals surface area contributed by atoms with Crippen molar-refractivity contribution in [1.82, 2.24) is 0 Å². The Bertz CT molecular complexity index is 1680. The van der Waals surface area contributed by atoms with Crippen LogP contribution in [0, 0.1) is 6.92 Å². The van der Waals surface area contributed by atoms with Crippen LogP contribution >= 0.6 is 0 Å². The lowest BCUT2D eigenvalue weighted by Crippen LogP contribution is -2.33. The summed E-state index contributed by atoms with van der Waals surface area (Å²) in [6.07, 6.45) is 10.2. The number of hydrogen-bond donors (Lipinski definition) is 0. The Morgan fingerprint density at radius 3 is 2.35 bits per heavy atom. The van der Waals surface area contributed by atoms with E-state index in [-0.39, 0.29) is 10.8 Å². The molecule has 0 N–H and O–H groups in total. The van der Waals surface area contributed by atoms with Crippen LogP contribution in [0.25, 0.3) is 10.8 Å². The van der Waals surface area contributed by atoms with Crippen molar-refractivity contribution in [2.75, 3.05) is 19.0 Å². The van der Waals surface area contributed by atoms with Crippen LogP contribution in [0.1, 0.15) is 55.9 Å². The van der Waals surface area contributed by atoms with Gasteiger partial charge in [0.1, 0.15) is 7.05 Å². The molecule has 0 saturated carbocycles. The first-order valence-electron chi connectivity index (χ1n) is 14.7. The van der Waals surface area contributed by atoms with Gasteiger partial charge in [-0.15, -0.1) is 0 Å². The fourth-order valence-corrected chi connectivity index (χ4v) is 7.64. The van der Waals surface area contributed by atoms with E-state index < -0.39 is 0 Å². The number of allylic oxidation sites excluding steroid dienone is 4. The van der Waals surface area contributed by atoms with E-state index >= 15 is 0 Å². The van der Waals surface area contributed by atoms with Gasteiger partial charge >= 0.3 is 0 Å². The molecule has 4 aromatic carbocycles. The van der Waals surface area contributed by atoms with Gasteiger partial charge in [-0.2, -0.15) is 4.58 Å². The molecule has 2 heteroatoms. The predicted octanol–water partition coefficient (Wildman–Crippen LogP) is 9.02. The molecule has 0 amide bonds. The van der Waals surface area contributed by atoms with E-state index in [0.717, 1.165) is 19.3 Å². The molecule has 0 radical (unpaired) electrons. The lowest BCUT2D eigenvalue weighted by atomic mass is 9.72. The van der Waals surface area contributed by atoms with Gasteiger partial charge in [0.2, 0.25) is 5.69 Å². The van der Waals surface area contributed by atoms with E-state index in [0.29, 0.717) is 0 Å². The molecule has 202 valence electrons. The first-order chi connectivity index (χ1) is 19.3. The first kappa shape index (κ1) is 26.3. The van der Waals surface area contributed by atoms with Crippen LogP contribution in [0.2, 0.25) is 0 Å². The molecule has 0 spiro atoms. The lowest BCUT2D eigenvalue weighted by Gasteiger charge is -2.30. The summed E-state index contributed by atoms with van der Waals surface area (Å²) in [7, 11) is 4.47. The van der Waals surface area contributed by atoms with Crippen LogP contribution in [-0.4, -0.2) is 24.4 Å². The molecule has 4 aromatic rings. The summed E-state index contributed by atoms with van der Waals surface area (Å²) in [5, 5.41) is 2.65. The van der Waals surface area contributed by atoms with Crippen molar-refractivity contribution < 1.29 is 4.58 Å². The minimum absolute atomic E-state index is 0.0409. The van der Waals surface area contributed by atoms with E-state index in [1.807, 2.05) is 0 Å². The fraction of sp³-hybridized carbons (Fsp3) is 0.289. The van der Waals surface area contributed by atoms with Crippen LogP contribution < -0.4 is 4.90 Å². The molecule has 0 fully saturated rings. The molecule has 2 aliphatic heterocycles. The second-order valence-electron chi connectivity index (χ2n) is 11.9. The predicted molar refractivity (Wildman–Crippen MR) is 171 cm³/mol. The first-order valence-corrected chi connectivity index (χ1v) is 14.7. The fourth-order valence-electron chi connectivity index (χ4n) is 7.64. The summed E-state index contributed by atoms with van der Waals surface area (Å²) >= 11 is 0. The molecule has 2 nitrogen and oxygen atoms in total. The Morgan fingerprint density at radius 2 is 1.60 bits per heavy atom. The van der Waals surface area contributed by atoms with Crippen molar-refractivity contribution in [3.05, 3.63) is 131 Å². The summed E-state index contributed by atoms with van der Waals surface area (Å²) in [6, 6.07) is 31.3. The van der Waals surface area contributed by atoms with Gasteiger partial charge in [0.15, 0.2) is 5.71 Å². The topological polar surface area (TPSA) is 6.25 Å². The maximum Gasteiger partial charge on any atom is 0.210 e. The smallest absolute Gasteiger partial charge is 0.210 e. The maximum absolute atomic E-state index is 2.43. The summed E-state index contributed by atoms with van der Waals surface area (Å²) in [4.78, 5) is 2.42. The summed E-state index contributed by atoms with van der Waals surface area (Å²) in [6.45, 7) is 9.32.